The standard InChI is InChI=1S/C14H21NO2/c1-3-4-6-9-12(2)15(17)14(16)13-10-7-5-8-11-13/h5,7-8,10-12,17H,3-4,6,9H2,1-2H3. The second-order valence-corrected chi connectivity index (χ2v) is 4.36. The lowest BCUT2D eigenvalue weighted by Crippen LogP contribution is -2.35. The van der Waals surface area contributed by atoms with Gasteiger partial charge in [-0.25, -0.2) is 5.06 Å². The van der Waals surface area contributed by atoms with Gasteiger partial charge in [0.1, 0.15) is 0 Å². The average molecular weight is 235 g/mol. The summed E-state index contributed by atoms with van der Waals surface area (Å²) in [4.78, 5) is 11.9. The van der Waals surface area contributed by atoms with Gasteiger partial charge >= 0.3 is 0 Å². The van der Waals surface area contributed by atoms with Gasteiger partial charge in [-0.15, -0.1) is 0 Å². The number of hydrogen-bond acceptors (Lipinski definition) is 2. The molecule has 3 heteroatoms. The zero-order chi connectivity index (χ0) is 12.7. The van der Waals surface area contributed by atoms with Crippen LogP contribution in [-0.4, -0.2) is 22.2 Å². The maximum Gasteiger partial charge on any atom is 0.277 e. The highest BCUT2D eigenvalue weighted by Gasteiger charge is 2.18. The highest BCUT2D eigenvalue weighted by molar-refractivity contribution is 5.93. The van der Waals surface area contributed by atoms with Crippen molar-refractivity contribution in [3.63, 3.8) is 0 Å². The number of amides is 1. The first kappa shape index (κ1) is 13.7. The Kier molecular flexibility index (Phi) is 5.70. The molecule has 1 aromatic rings. The summed E-state index contributed by atoms with van der Waals surface area (Å²) < 4.78 is 0. The number of nitrogens with zero attached hydrogens (tertiary/aromatic N) is 1. The molecule has 0 fully saturated rings. The van der Waals surface area contributed by atoms with Crippen molar-refractivity contribution in [2.45, 2.75) is 45.6 Å². The Hall–Kier alpha value is -1.35. The Morgan fingerprint density at radius 1 is 1.29 bits per heavy atom. The maximum atomic E-state index is 11.9. The molecule has 0 saturated carbocycles. The molecule has 0 aliphatic carbocycles. The number of benzene rings is 1. The van der Waals surface area contributed by atoms with Gasteiger partial charge in [0, 0.05) is 5.56 Å². The molecule has 0 aliphatic rings. The summed E-state index contributed by atoms with van der Waals surface area (Å²) in [5.41, 5.74) is 0.525. The molecule has 0 aliphatic heterocycles. The Morgan fingerprint density at radius 3 is 2.53 bits per heavy atom. The lowest BCUT2D eigenvalue weighted by Gasteiger charge is -2.22. The first-order valence-corrected chi connectivity index (χ1v) is 6.24. The third kappa shape index (κ3) is 4.19. The van der Waals surface area contributed by atoms with Crippen LogP contribution in [0.1, 0.15) is 49.9 Å². The van der Waals surface area contributed by atoms with Gasteiger partial charge in [-0.2, -0.15) is 0 Å². The van der Waals surface area contributed by atoms with Gasteiger partial charge in [0.25, 0.3) is 5.91 Å². The summed E-state index contributed by atoms with van der Waals surface area (Å²) in [7, 11) is 0. The minimum atomic E-state index is -0.324. The Bertz CT molecular complexity index is 337. The quantitative estimate of drug-likeness (QED) is 0.466. The van der Waals surface area contributed by atoms with Gasteiger partial charge in [-0.05, 0) is 25.5 Å². The van der Waals surface area contributed by atoms with E-state index in [1.165, 1.54) is 0 Å². The highest BCUT2D eigenvalue weighted by Crippen LogP contribution is 2.11. The third-order valence-electron chi connectivity index (χ3n) is 2.87. The molecule has 0 heterocycles. The molecule has 1 unspecified atom stereocenters. The van der Waals surface area contributed by atoms with Gasteiger partial charge in [0.05, 0.1) is 6.04 Å². The van der Waals surface area contributed by atoms with Crippen LogP contribution in [0.25, 0.3) is 0 Å². The lowest BCUT2D eigenvalue weighted by molar-refractivity contribution is -0.0861. The SMILES string of the molecule is CCCCCC(C)N(O)C(=O)c1ccccc1. The zero-order valence-electron chi connectivity index (χ0n) is 10.6. The molecule has 3 nitrogen and oxygen atoms in total. The average Bonchev–Trinajstić information content (AvgIpc) is 2.38. The monoisotopic (exact) mass is 235 g/mol. The van der Waals surface area contributed by atoms with Crippen molar-refractivity contribution in [1.29, 1.82) is 0 Å². The number of carbonyl (C=O) groups is 1. The minimum Gasteiger partial charge on any atom is -0.285 e. The Labute approximate surface area is 103 Å². The van der Waals surface area contributed by atoms with Crippen LogP contribution in [0.3, 0.4) is 0 Å². The second kappa shape index (κ2) is 7.07. The lowest BCUT2D eigenvalue weighted by atomic mass is 10.1. The molecule has 0 radical (unpaired) electrons. The van der Waals surface area contributed by atoms with E-state index in [2.05, 4.69) is 6.92 Å². The fraction of sp³-hybridized carbons (Fsp3) is 0.500. The number of carbonyl (C=O) groups excluding carboxylic acids is 1. The zero-order valence-corrected chi connectivity index (χ0v) is 10.6. The maximum absolute atomic E-state index is 11.9. The minimum absolute atomic E-state index is 0.130. The van der Waals surface area contributed by atoms with Crippen molar-refractivity contribution in [3.05, 3.63) is 35.9 Å². The van der Waals surface area contributed by atoms with E-state index < -0.39 is 0 Å². The topological polar surface area (TPSA) is 40.5 Å². The second-order valence-electron chi connectivity index (χ2n) is 4.36. The van der Waals surface area contributed by atoms with Gasteiger partial charge in [0.15, 0.2) is 0 Å². The molecular weight excluding hydrogens is 214 g/mol. The van der Waals surface area contributed by atoms with Gasteiger partial charge in [-0.1, -0.05) is 44.4 Å². The molecule has 0 aromatic heterocycles. The number of hydroxylamine groups is 2. The van der Waals surface area contributed by atoms with E-state index in [4.69, 9.17) is 0 Å². The third-order valence-corrected chi connectivity index (χ3v) is 2.87. The van der Waals surface area contributed by atoms with Crippen LogP contribution < -0.4 is 0 Å². The van der Waals surface area contributed by atoms with Crippen LogP contribution in [0.4, 0.5) is 0 Å². The van der Waals surface area contributed by atoms with Crippen LogP contribution >= 0.6 is 0 Å². The van der Waals surface area contributed by atoms with E-state index in [0.717, 1.165) is 30.7 Å². The van der Waals surface area contributed by atoms with Crippen LogP contribution in [-0.2, 0) is 0 Å². The summed E-state index contributed by atoms with van der Waals surface area (Å²) in [6.45, 7) is 4.01. The number of rotatable bonds is 6. The van der Waals surface area contributed by atoms with Gasteiger partial charge < -0.3 is 0 Å². The predicted octanol–water partition coefficient (Wildman–Crippen LogP) is 3.49. The Balaban J connectivity index is 2.51. The molecule has 0 saturated heterocycles. The van der Waals surface area contributed by atoms with Gasteiger partial charge in [-0.3, -0.25) is 10.0 Å². The fourth-order valence-corrected chi connectivity index (χ4v) is 1.73. The number of unbranched alkanes of at least 4 members (excludes halogenated alkanes) is 2. The van der Waals surface area contributed by atoms with Crippen molar-refractivity contribution in [3.8, 4) is 0 Å². The normalized spacial score (nSPS) is 12.2. The summed E-state index contributed by atoms with van der Waals surface area (Å²) in [6.07, 6.45) is 4.15. The van der Waals surface area contributed by atoms with Crippen molar-refractivity contribution in [2.75, 3.05) is 0 Å². The van der Waals surface area contributed by atoms with Crippen LogP contribution in [0, 0.1) is 0 Å². The van der Waals surface area contributed by atoms with Crippen LogP contribution in [0.2, 0.25) is 0 Å². The predicted molar refractivity (Wildman–Crippen MR) is 68.0 cm³/mol. The molecule has 1 aromatic carbocycles. The molecule has 1 atom stereocenters. The molecule has 1 N–H and O–H groups in total. The van der Waals surface area contributed by atoms with Crippen molar-refractivity contribution < 1.29 is 10.0 Å². The van der Waals surface area contributed by atoms with E-state index in [0.29, 0.717) is 5.56 Å². The first-order chi connectivity index (χ1) is 8.16. The molecule has 1 amide bonds. The Morgan fingerprint density at radius 2 is 1.94 bits per heavy atom. The summed E-state index contributed by atoms with van der Waals surface area (Å²) in [5.74, 6) is -0.324. The molecule has 0 spiro atoms. The van der Waals surface area contributed by atoms with E-state index in [9.17, 15) is 10.0 Å². The smallest absolute Gasteiger partial charge is 0.277 e. The summed E-state index contributed by atoms with van der Waals surface area (Å²) >= 11 is 0. The van der Waals surface area contributed by atoms with Crippen molar-refractivity contribution in [1.82, 2.24) is 5.06 Å². The van der Waals surface area contributed by atoms with Gasteiger partial charge in [0.2, 0.25) is 0 Å². The summed E-state index contributed by atoms with van der Waals surface area (Å²) in [6, 6.07) is 8.73. The highest BCUT2D eigenvalue weighted by atomic mass is 16.5. The molecule has 1 rings (SSSR count). The van der Waals surface area contributed by atoms with Crippen molar-refractivity contribution >= 4 is 5.91 Å². The van der Waals surface area contributed by atoms with Crippen LogP contribution in [0.15, 0.2) is 30.3 Å². The molecular formula is C14H21NO2. The van der Waals surface area contributed by atoms with Crippen LogP contribution in [0.5, 0.6) is 0 Å². The van der Waals surface area contributed by atoms with Crippen molar-refractivity contribution in [2.24, 2.45) is 0 Å². The molecule has 17 heavy (non-hydrogen) atoms. The molecule has 94 valence electrons. The largest absolute Gasteiger partial charge is 0.285 e. The van der Waals surface area contributed by atoms with E-state index in [-0.39, 0.29) is 11.9 Å². The summed E-state index contributed by atoms with van der Waals surface area (Å²) in [5, 5.41) is 10.7. The van der Waals surface area contributed by atoms with E-state index >= 15 is 0 Å². The fourth-order valence-electron chi connectivity index (χ4n) is 1.73. The first-order valence-electron chi connectivity index (χ1n) is 6.24. The number of hydrogen-bond donors (Lipinski definition) is 1. The van der Waals surface area contributed by atoms with E-state index in [1.54, 1.807) is 24.3 Å². The molecule has 0 bridgehead atoms. The van der Waals surface area contributed by atoms with E-state index in [1.807, 2.05) is 13.0 Å².